The Hall–Kier alpha value is -1.89. The maximum Gasteiger partial charge on any atom is 0.449 e. The molecule has 0 saturated heterocycles. The molecule has 3 nitrogen and oxygen atoms in total. The highest BCUT2D eigenvalue weighted by molar-refractivity contribution is 5.63. The van der Waals surface area contributed by atoms with Gasteiger partial charge in [0.2, 0.25) is 5.82 Å². The highest BCUT2D eigenvalue weighted by Crippen LogP contribution is 2.31. The summed E-state index contributed by atoms with van der Waals surface area (Å²) < 4.78 is 50.9. The summed E-state index contributed by atoms with van der Waals surface area (Å²) in [7, 11) is 0. The monoisotopic (exact) mass is 273 g/mol. The zero-order valence-corrected chi connectivity index (χ0v) is 9.98. The molecule has 0 amide bonds. The van der Waals surface area contributed by atoms with E-state index < -0.39 is 17.8 Å². The standard InChI is InChI=1S/C12H11F4N3/c1-6-10(19-11(18-6)12(14,15)16)7-2-3-9(13)8(4-7)5-17/h2-4H,5,17H2,1H3,(H,18,19). The van der Waals surface area contributed by atoms with Crippen LogP contribution in [0.5, 0.6) is 0 Å². The number of nitrogens with two attached hydrogens (primary N) is 1. The molecular formula is C12H11F4N3. The molecule has 3 N–H and O–H groups in total. The number of aromatic nitrogens is 2. The first-order valence-electron chi connectivity index (χ1n) is 5.45. The molecule has 0 aliphatic rings. The molecule has 102 valence electrons. The highest BCUT2D eigenvalue weighted by Gasteiger charge is 2.35. The number of aryl methyl sites for hydroxylation is 1. The molecule has 1 heterocycles. The summed E-state index contributed by atoms with van der Waals surface area (Å²) >= 11 is 0. The van der Waals surface area contributed by atoms with E-state index >= 15 is 0 Å². The van der Waals surface area contributed by atoms with Crippen LogP contribution in [0.15, 0.2) is 18.2 Å². The molecular weight excluding hydrogens is 262 g/mol. The number of nitrogens with one attached hydrogen (secondary N) is 1. The third kappa shape index (κ3) is 2.60. The molecule has 0 atom stereocenters. The van der Waals surface area contributed by atoms with Crippen LogP contribution >= 0.6 is 0 Å². The lowest BCUT2D eigenvalue weighted by Crippen LogP contribution is -2.07. The van der Waals surface area contributed by atoms with Crippen LogP contribution in [0.25, 0.3) is 11.3 Å². The average Bonchev–Trinajstić information content (AvgIpc) is 2.72. The maximum atomic E-state index is 13.3. The van der Waals surface area contributed by atoms with Gasteiger partial charge in [0.25, 0.3) is 0 Å². The first-order chi connectivity index (χ1) is 8.82. The number of halogens is 4. The van der Waals surface area contributed by atoms with Gasteiger partial charge in [0.05, 0.1) is 5.69 Å². The number of aromatic amines is 1. The fourth-order valence-electron chi connectivity index (χ4n) is 1.75. The normalized spacial score (nSPS) is 11.9. The van der Waals surface area contributed by atoms with Crippen molar-refractivity contribution in [1.29, 1.82) is 0 Å². The van der Waals surface area contributed by atoms with Gasteiger partial charge in [-0.1, -0.05) is 0 Å². The molecule has 0 fully saturated rings. The van der Waals surface area contributed by atoms with E-state index in [1.165, 1.54) is 25.1 Å². The second kappa shape index (κ2) is 4.65. The summed E-state index contributed by atoms with van der Waals surface area (Å²) in [5.41, 5.74) is 6.39. The van der Waals surface area contributed by atoms with Crippen LogP contribution in [0, 0.1) is 12.7 Å². The highest BCUT2D eigenvalue weighted by atomic mass is 19.4. The van der Waals surface area contributed by atoms with Gasteiger partial charge in [0.15, 0.2) is 0 Å². The molecule has 2 rings (SSSR count). The fourth-order valence-corrected chi connectivity index (χ4v) is 1.75. The quantitative estimate of drug-likeness (QED) is 0.826. The van der Waals surface area contributed by atoms with Gasteiger partial charge in [-0.2, -0.15) is 13.2 Å². The third-order valence-electron chi connectivity index (χ3n) is 2.69. The first kappa shape index (κ1) is 13.5. The van der Waals surface area contributed by atoms with Crippen molar-refractivity contribution in [3.8, 4) is 11.3 Å². The number of hydrogen-bond acceptors (Lipinski definition) is 2. The largest absolute Gasteiger partial charge is 0.449 e. The van der Waals surface area contributed by atoms with Gasteiger partial charge in [-0.3, -0.25) is 0 Å². The number of benzene rings is 1. The van der Waals surface area contributed by atoms with Crippen LogP contribution in [0.2, 0.25) is 0 Å². The summed E-state index contributed by atoms with van der Waals surface area (Å²) in [6.45, 7) is 1.44. The molecule has 1 aromatic carbocycles. The molecule has 0 aliphatic heterocycles. The molecule has 0 saturated carbocycles. The second-order valence-corrected chi connectivity index (χ2v) is 4.07. The lowest BCUT2D eigenvalue weighted by Gasteiger charge is -2.03. The number of nitrogens with zero attached hydrogens (tertiary/aromatic N) is 1. The van der Waals surface area contributed by atoms with Crippen molar-refractivity contribution >= 4 is 0 Å². The van der Waals surface area contributed by atoms with E-state index in [4.69, 9.17) is 5.73 Å². The number of rotatable bonds is 2. The smallest absolute Gasteiger partial charge is 0.338 e. The van der Waals surface area contributed by atoms with Gasteiger partial charge < -0.3 is 10.7 Å². The van der Waals surface area contributed by atoms with Crippen LogP contribution in [-0.4, -0.2) is 9.97 Å². The molecule has 0 unspecified atom stereocenters. The molecule has 19 heavy (non-hydrogen) atoms. The second-order valence-electron chi connectivity index (χ2n) is 4.07. The fraction of sp³-hybridized carbons (Fsp3) is 0.250. The van der Waals surface area contributed by atoms with Crippen molar-refractivity contribution in [2.75, 3.05) is 0 Å². The lowest BCUT2D eigenvalue weighted by molar-refractivity contribution is -0.144. The lowest BCUT2D eigenvalue weighted by atomic mass is 10.1. The summed E-state index contributed by atoms with van der Waals surface area (Å²) in [5, 5.41) is 0. The van der Waals surface area contributed by atoms with Crippen LogP contribution in [0.1, 0.15) is 17.1 Å². The number of H-pyrrole nitrogens is 1. The van der Waals surface area contributed by atoms with Gasteiger partial charge in [0.1, 0.15) is 5.82 Å². The predicted octanol–water partition coefficient (Wildman–Crippen LogP) is 3.00. The van der Waals surface area contributed by atoms with Gasteiger partial charge in [-0.15, -0.1) is 0 Å². The van der Waals surface area contributed by atoms with E-state index in [2.05, 4.69) is 9.97 Å². The SMILES string of the molecule is Cc1[nH]c(C(F)(F)F)nc1-c1ccc(F)c(CN)c1. The average molecular weight is 273 g/mol. The van der Waals surface area contributed by atoms with Gasteiger partial charge in [0, 0.05) is 23.4 Å². The van der Waals surface area contributed by atoms with Crippen LogP contribution in [0.4, 0.5) is 17.6 Å². The molecule has 0 bridgehead atoms. The Bertz CT molecular complexity index is 602. The minimum Gasteiger partial charge on any atom is -0.338 e. The zero-order chi connectivity index (χ0) is 14.2. The maximum absolute atomic E-state index is 13.3. The van der Waals surface area contributed by atoms with E-state index in [1.54, 1.807) is 0 Å². The van der Waals surface area contributed by atoms with E-state index in [1.807, 2.05) is 0 Å². The molecule has 0 spiro atoms. The Balaban J connectivity index is 2.50. The summed E-state index contributed by atoms with van der Waals surface area (Å²) in [4.78, 5) is 5.69. The number of alkyl halides is 3. The van der Waals surface area contributed by atoms with Crippen LogP contribution in [0.3, 0.4) is 0 Å². The minimum absolute atomic E-state index is 0.0325. The third-order valence-corrected chi connectivity index (χ3v) is 2.69. The van der Waals surface area contributed by atoms with Crippen molar-refractivity contribution < 1.29 is 17.6 Å². The first-order valence-corrected chi connectivity index (χ1v) is 5.45. The van der Waals surface area contributed by atoms with Crippen molar-refractivity contribution in [3.63, 3.8) is 0 Å². The molecule has 0 radical (unpaired) electrons. The Morgan fingerprint density at radius 1 is 1.32 bits per heavy atom. The Morgan fingerprint density at radius 3 is 2.53 bits per heavy atom. The molecule has 0 aliphatic carbocycles. The van der Waals surface area contributed by atoms with Crippen LogP contribution in [-0.2, 0) is 12.7 Å². The Labute approximate surface area is 106 Å². The number of hydrogen-bond donors (Lipinski definition) is 2. The number of imidazole rings is 1. The molecule has 2 aromatic rings. The van der Waals surface area contributed by atoms with E-state index in [0.717, 1.165) is 0 Å². The van der Waals surface area contributed by atoms with Crippen LogP contribution < -0.4 is 5.73 Å². The van der Waals surface area contributed by atoms with Crippen molar-refractivity contribution in [2.24, 2.45) is 5.73 Å². The van der Waals surface area contributed by atoms with Crippen molar-refractivity contribution in [2.45, 2.75) is 19.6 Å². The zero-order valence-electron chi connectivity index (χ0n) is 9.98. The Morgan fingerprint density at radius 2 is 2.00 bits per heavy atom. The summed E-state index contributed by atoms with van der Waals surface area (Å²) in [6, 6.07) is 3.94. The summed E-state index contributed by atoms with van der Waals surface area (Å²) in [6.07, 6.45) is -4.54. The summed E-state index contributed by atoms with van der Waals surface area (Å²) in [5.74, 6) is -1.56. The van der Waals surface area contributed by atoms with E-state index in [9.17, 15) is 17.6 Å². The molecule has 7 heteroatoms. The van der Waals surface area contributed by atoms with Gasteiger partial charge in [-0.05, 0) is 25.1 Å². The van der Waals surface area contributed by atoms with E-state index in [0.29, 0.717) is 5.56 Å². The minimum atomic E-state index is -4.54. The van der Waals surface area contributed by atoms with Gasteiger partial charge in [-0.25, -0.2) is 9.37 Å². The predicted molar refractivity (Wildman–Crippen MR) is 61.6 cm³/mol. The Kier molecular flexibility index (Phi) is 3.32. The van der Waals surface area contributed by atoms with E-state index in [-0.39, 0.29) is 23.5 Å². The topological polar surface area (TPSA) is 54.7 Å². The van der Waals surface area contributed by atoms with Crippen molar-refractivity contribution in [1.82, 2.24) is 9.97 Å². The molecule has 1 aromatic heterocycles. The van der Waals surface area contributed by atoms with Gasteiger partial charge >= 0.3 is 6.18 Å². The van der Waals surface area contributed by atoms with Crippen molar-refractivity contribution in [3.05, 3.63) is 41.1 Å².